The Morgan fingerprint density at radius 2 is 1.83 bits per heavy atom. The Hall–Kier alpha value is -2.83. The van der Waals surface area contributed by atoms with Gasteiger partial charge in [-0.25, -0.2) is 4.79 Å². The van der Waals surface area contributed by atoms with Crippen LogP contribution in [0.25, 0.3) is 11.0 Å². The topological polar surface area (TPSA) is 82.9 Å². The molecule has 0 saturated carbocycles. The number of carbonyl (C=O) groups excluding carboxylic acids is 2. The maximum absolute atomic E-state index is 12.0. The van der Waals surface area contributed by atoms with Crippen molar-refractivity contribution in [2.75, 3.05) is 39.6 Å². The number of amides is 2. The van der Waals surface area contributed by atoms with Gasteiger partial charge in [0, 0.05) is 51.4 Å². The summed E-state index contributed by atoms with van der Waals surface area (Å²) in [4.78, 5) is 38.6. The highest BCUT2D eigenvalue weighted by molar-refractivity contribution is 5.90. The van der Waals surface area contributed by atoms with Gasteiger partial charge in [-0.3, -0.25) is 9.59 Å². The van der Waals surface area contributed by atoms with Crippen LogP contribution in [0.4, 0.5) is 5.69 Å². The lowest BCUT2D eigenvalue weighted by molar-refractivity contribution is -0.130. The average molecular weight is 331 g/mol. The van der Waals surface area contributed by atoms with Crippen LogP contribution in [0.2, 0.25) is 0 Å². The molecule has 2 amide bonds. The molecule has 0 aliphatic heterocycles. The SMILES string of the molecule is CN(C)C(=O)CNC(=O)Cc1cc(=O)oc2cc(N(C)C)ccc12. The van der Waals surface area contributed by atoms with E-state index >= 15 is 0 Å². The molecule has 0 saturated heterocycles. The van der Waals surface area contributed by atoms with Crippen LogP contribution in [-0.2, 0) is 16.0 Å². The van der Waals surface area contributed by atoms with Gasteiger partial charge in [0.2, 0.25) is 11.8 Å². The summed E-state index contributed by atoms with van der Waals surface area (Å²) in [6.07, 6.45) is 0.00409. The van der Waals surface area contributed by atoms with Crippen molar-refractivity contribution in [3.63, 3.8) is 0 Å². The van der Waals surface area contributed by atoms with Gasteiger partial charge in [0.15, 0.2) is 0 Å². The molecule has 0 fully saturated rings. The number of rotatable bonds is 5. The van der Waals surface area contributed by atoms with Gasteiger partial charge in [0.1, 0.15) is 5.58 Å². The summed E-state index contributed by atoms with van der Waals surface area (Å²) in [6, 6.07) is 6.78. The van der Waals surface area contributed by atoms with Gasteiger partial charge >= 0.3 is 5.63 Å². The summed E-state index contributed by atoms with van der Waals surface area (Å²) in [7, 11) is 7.01. The molecule has 7 nitrogen and oxygen atoms in total. The highest BCUT2D eigenvalue weighted by atomic mass is 16.4. The third kappa shape index (κ3) is 4.13. The summed E-state index contributed by atoms with van der Waals surface area (Å²) >= 11 is 0. The number of nitrogens with zero attached hydrogens (tertiary/aromatic N) is 2. The fraction of sp³-hybridized carbons (Fsp3) is 0.353. The molecule has 2 rings (SSSR count). The molecule has 0 aliphatic rings. The maximum atomic E-state index is 12.0. The minimum atomic E-state index is -0.509. The average Bonchev–Trinajstić information content (AvgIpc) is 2.51. The van der Waals surface area contributed by atoms with Gasteiger partial charge in [-0.05, 0) is 17.7 Å². The van der Waals surface area contributed by atoms with Crippen LogP contribution in [-0.4, -0.2) is 51.4 Å². The molecule has 0 atom stereocenters. The highest BCUT2D eigenvalue weighted by Crippen LogP contribution is 2.23. The van der Waals surface area contributed by atoms with E-state index in [2.05, 4.69) is 5.32 Å². The van der Waals surface area contributed by atoms with Crippen molar-refractivity contribution in [2.45, 2.75) is 6.42 Å². The first kappa shape index (κ1) is 17.5. The van der Waals surface area contributed by atoms with Gasteiger partial charge in [0.25, 0.3) is 0 Å². The van der Waals surface area contributed by atoms with Crippen LogP contribution >= 0.6 is 0 Å². The van der Waals surface area contributed by atoms with E-state index in [0.29, 0.717) is 16.5 Å². The minimum Gasteiger partial charge on any atom is -0.423 e. The molecule has 0 spiro atoms. The molecule has 0 radical (unpaired) electrons. The smallest absolute Gasteiger partial charge is 0.336 e. The van der Waals surface area contributed by atoms with Crippen LogP contribution in [0.3, 0.4) is 0 Å². The number of benzene rings is 1. The van der Waals surface area contributed by atoms with Crippen molar-refractivity contribution in [2.24, 2.45) is 0 Å². The van der Waals surface area contributed by atoms with Gasteiger partial charge in [-0.15, -0.1) is 0 Å². The molecule has 1 aromatic heterocycles. The van der Waals surface area contributed by atoms with Crippen molar-refractivity contribution < 1.29 is 14.0 Å². The maximum Gasteiger partial charge on any atom is 0.336 e. The Kier molecular flexibility index (Phi) is 5.23. The van der Waals surface area contributed by atoms with E-state index < -0.39 is 5.63 Å². The van der Waals surface area contributed by atoms with E-state index in [-0.39, 0.29) is 24.8 Å². The van der Waals surface area contributed by atoms with Crippen LogP contribution < -0.4 is 15.8 Å². The third-order valence-corrected chi connectivity index (χ3v) is 3.62. The van der Waals surface area contributed by atoms with Crippen LogP contribution in [0, 0.1) is 0 Å². The molecule has 2 aromatic rings. The Labute approximate surface area is 139 Å². The second-order valence-corrected chi connectivity index (χ2v) is 5.91. The molecule has 1 aromatic carbocycles. The summed E-state index contributed by atoms with van der Waals surface area (Å²) in [5.41, 5.74) is 1.39. The third-order valence-electron chi connectivity index (χ3n) is 3.62. The molecule has 128 valence electrons. The number of nitrogens with one attached hydrogen (secondary N) is 1. The monoisotopic (exact) mass is 331 g/mol. The molecule has 1 heterocycles. The molecular weight excluding hydrogens is 310 g/mol. The first-order chi connectivity index (χ1) is 11.3. The van der Waals surface area contributed by atoms with Gasteiger partial charge in [-0.2, -0.15) is 0 Å². The Morgan fingerprint density at radius 1 is 1.12 bits per heavy atom. The molecule has 0 aliphatic carbocycles. The van der Waals surface area contributed by atoms with Gasteiger partial charge in [0.05, 0.1) is 13.0 Å². The Morgan fingerprint density at radius 3 is 2.46 bits per heavy atom. The fourth-order valence-corrected chi connectivity index (χ4v) is 2.21. The number of likely N-dealkylation sites (N-methyl/N-ethyl adjacent to an activating group) is 1. The lowest BCUT2D eigenvalue weighted by Gasteiger charge is -2.14. The summed E-state index contributed by atoms with van der Waals surface area (Å²) in [5, 5.41) is 3.26. The van der Waals surface area contributed by atoms with E-state index in [9.17, 15) is 14.4 Å². The van der Waals surface area contributed by atoms with E-state index in [0.717, 1.165) is 5.69 Å². The number of hydrogen-bond donors (Lipinski definition) is 1. The lowest BCUT2D eigenvalue weighted by Crippen LogP contribution is -2.36. The second-order valence-electron chi connectivity index (χ2n) is 5.91. The zero-order valence-corrected chi connectivity index (χ0v) is 14.3. The number of anilines is 1. The predicted octanol–water partition coefficient (Wildman–Crippen LogP) is 0.606. The molecular formula is C17H21N3O4. The van der Waals surface area contributed by atoms with E-state index in [4.69, 9.17) is 4.42 Å². The molecule has 0 bridgehead atoms. The Bertz CT molecular complexity index is 824. The van der Waals surface area contributed by atoms with Gasteiger partial charge < -0.3 is 19.5 Å². The number of hydrogen-bond acceptors (Lipinski definition) is 5. The number of carbonyl (C=O) groups is 2. The first-order valence-corrected chi connectivity index (χ1v) is 7.49. The molecule has 24 heavy (non-hydrogen) atoms. The summed E-state index contributed by atoms with van der Waals surface area (Å²) in [6.45, 7) is -0.0734. The lowest BCUT2D eigenvalue weighted by atomic mass is 10.1. The van der Waals surface area contributed by atoms with Crippen LogP contribution in [0.1, 0.15) is 5.56 Å². The first-order valence-electron chi connectivity index (χ1n) is 7.49. The highest BCUT2D eigenvalue weighted by Gasteiger charge is 2.12. The van der Waals surface area contributed by atoms with Crippen molar-refractivity contribution >= 4 is 28.5 Å². The zero-order valence-electron chi connectivity index (χ0n) is 14.3. The zero-order chi connectivity index (χ0) is 17.9. The van der Waals surface area contributed by atoms with E-state index in [1.54, 1.807) is 20.2 Å². The summed E-state index contributed by atoms with van der Waals surface area (Å²) in [5.74, 6) is -0.523. The molecule has 0 unspecified atom stereocenters. The van der Waals surface area contributed by atoms with Crippen molar-refractivity contribution in [3.8, 4) is 0 Å². The van der Waals surface area contributed by atoms with E-state index in [1.807, 2.05) is 31.1 Å². The fourth-order valence-electron chi connectivity index (χ4n) is 2.21. The minimum absolute atomic E-state index is 0.00409. The Balaban J connectivity index is 2.24. The molecule has 1 N–H and O–H groups in total. The van der Waals surface area contributed by atoms with Crippen molar-refractivity contribution in [1.82, 2.24) is 10.2 Å². The van der Waals surface area contributed by atoms with Crippen LogP contribution in [0.15, 0.2) is 33.5 Å². The number of fused-ring (bicyclic) bond motifs is 1. The quantitative estimate of drug-likeness (QED) is 0.812. The molecule has 7 heteroatoms. The predicted molar refractivity (Wildman–Crippen MR) is 92.2 cm³/mol. The summed E-state index contributed by atoms with van der Waals surface area (Å²) < 4.78 is 5.23. The largest absolute Gasteiger partial charge is 0.423 e. The van der Waals surface area contributed by atoms with Crippen molar-refractivity contribution in [1.29, 1.82) is 0 Å². The normalized spacial score (nSPS) is 10.5. The van der Waals surface area contributed by atoms with Crippen molar-refractivity contribution in [3.05, 3.63) is 40.2 Å². The standard InChI is InChI=1S/C17H21N3O4/c1-19(2)12-5-6-13-11(8-17(23)24-14(13)9-12)7-15(21)18-10-16(22)20(3)4/h5-6,8-9H,7,10H2,1-4H3,(H,18,21). The van der Waals surface area contributed by atoms with Crippen LogP contribution in [0.5, 0.6) is 0 Å². The van der Waals surface area contributed by atoms with E-state index in [1.165, 1.54) is 11.0 Å². The second kappa shape index (κ2) is 7.16. The van der Waals surface area contributed by atoms with Gasteiger partial charge in [-0.1, -0.05) is 0 Å².